The van der Waals surface area contributed by atoms with Crippen LogP contribution in [0, 0.1) is 6.92 Å². The van der Waals surface area contributed by atoms with E-state index in [9.17, 15) is 31.1 Å². The van der Waals surface area contributed by atoms with Crippen molar-refractivity contribution >= 4 is 17.8 Å². The number of amides is 1. The number of nitrogens with one attached hydrogen (secondary N) is 1. The maximum Gasteiger partial charge on any atom is 0.490 e. The number of piperidine rings is 1. The Morgan fingerprint density at radius 3 is 1.86 bits per heavy atom. The fourth-order valence-electron chi connectivity index (χ4n) is 4.23. The number of aryl methyl sites for hydroxylation is 2. The fraction of sp³-hybridized carbons (Fsp3) is 0.714. The summed E-state index contributed by atoms with van der Waals surface area (Å²) in [6.45, 7) is 6.85. The van der Waals surface area contributed by atoms with E-state index in [2.05, 4.69) is 26.3 Å². The lowest BCUT2D eigenvalue weighted by Gasteiger charge is -2.44. The average Bonchev–Trinajstić information content (AvgIpc) is 3.30. The van der Waals surface area contributed by atoms with Crippen LogP contribution >= 0.6 is 0 Å². The molecule has 3 heterocycles. The molecule has 0 aliphatic carbocycles. The molecule has 0 aromatic carbocycles. The Balaban J connectivity index is 0.000000404. The standard InChI is InChI=1S/C17H29N5O.2C2HF3O2/c1-14-11-15(20(3)19-14)12-21-9-6-17(7-10-21)5-4-8-22(17)13-16(23)18-2;2*3-2(4,5)1(6)7/h11H,4-10,12-13H2,1-3H3,(H,18,23);2*(H,6,7). The number of hydrogen-bond donors (Lipinski definition) is 3. The molecule has 37 heavy (non-hydrogen) atoms. The number of carbonyl (C=O) groups excluding carboxylic acids is 1. The van der Waals surface area contributed by atoms with E-state index in [1.165, 1.54) is 31.4 Å². The summed E-state index contributed by atoms with van der Waals surface area (Å²) in [6, 6.07) is 2.18. The molecule has 2 saturated heterocycles. The van der Waals surface area contributed by atoms with Crippen LogP contribution in [0.25, 0.3) is 0 Å². The molecule has 2 aliphatic rings. The Morgan fingerprint density at radius 2 is 1.49 bits per heavy atom. The number of aliphatic carboxylic acids is 2. The van der Waals surface area contributed by atoms with Crippen LogP contribution in [-0.4, -0.2) is 98.8 Å². The summed E-state index contributed by atoms with van der Waals surface area (Å²) in [7, 11) is 3.75. The first kappa shape index (κ1) is 32.1. The normalized spacial score (nSPS) is 17.9. The molecule has 2 aliphatic heterocycles. The highest BCUT2D eigenvalue weighted by Gasteiger charge is 2.43. The number of likely N-dealkylation sites (N-methyl/N-ethyl adjacent to an activating group) is 1. The summed E-state index contributed by atoms with van der Waals surface area (Å²) >= 11 is 0. The molecular weight excluding hydrogens is 516 g/mol. The Kier molecular flexibility index (Phi) is 11.4. The monoisotopic (exact) mass is 547 g/mol. The molecule has 0 bridgehead atoms. The molecule has 0 radical (unpaired) electrons. The van der Waals surface area contributed by atoms with Crippen molar-refractivity contribution in [3.05, 3.63) is 17.5 Å². The van der Waals surface area contributed by atoms with Crippen molar-refractivity contribution in [1.29, 1.82) is 0 Å². The van der Waals surface area contributed by atoms with Gasteiger partial charge >= 0.3 is 24.3 Å². The molecule has 1 aromatic heterocycles. The van der Waals surface area contributed by atoms with Gasteiger partial charge in [-0.05, 0) is 45.2 Å². The van der Waals surface area contributed by atoms with E-state index in [0.29, 0.717) is 6.54 Å². The van der Waals surface area contributed by atoms with Crippen LogP contribution in [-0.2, 0) is 28.0 Å². The lowest BCUT2D eigenvalue weighted by Crippen LogP contribution is -2.54. The molecule has 3 N–H and O–H groups in total. The number of aromatic nitrogens is 2. The van der Waals surface area contributed by atoms with Gasteiger partial charge in [0.05, 0.1) is 17.9 Å². The molecule has 3 rings (SSSR count). The largest absolute Gasteiger partial charge is 0.490 e. The smallest absolute Gasteiger partial charge is 0.475 e. The van der Waals surface area contributed by atoms with Gasteiger partial charge in [-0.3, -0.25) is 19.3 Å². The Bertz CT molecular complexity index is 902. The number of carbonyl (C=O) groups is 3. The highest BCUT2D eigenvalue weighted by Crippen LogP contribution is 2.38. The maximum atomic E-state index is 11.8. The number of halogens is 6. The quantitative estimate of drug-likeness (QED) is 0.490. The lowest BCUT2D eigenvalue weighted by atomic mass is 9.85. The first-order chi connectivity index (χ1) is 16.9. The van der Waals surface area contributed by atoms with Crippen molar-refractivity contribution in [3.63, 3.8) is 0 Å². The fourth-order valence-corrected chi connectivity index (χ4v) is 4.23. The Hall–Kier alpha value is -2.88. The summed E-state index contributed by atoms with van der Waals surface area (Å²) in [6.07, 6.45) is -5.37. The minimum absolute atomic E-state index is 0.138. The van der Waals surface area contributed by atoms with Gasteiger partial charge in [-0.15, -0.1) is 0 Å². The Labute approximate surface area is 209 Å². The van der Waals surface area contributed by atoms with Crippen molar-refractivity contribution in [2.75, 3.05) is 33.2 Å². The average molecular weight is 547 g/mol. The second-order valence-corrected chi connectivity index (χ2v) is 8.71. The van der Waals surface area contributed by atoms with Gasteiger partial charge < -0.3 is 15.5 Å². The van der Waals surface area contributed by atoms with Gasteiger partial charge in [-0.1, -0.05) is 0 Å². The summed E-state index contributed by atoms with van der Waals surface area (Å²) in [5.74, 6) is -5.38. The third kappa shape index (κ3) is 10.2. The van der Waals surface area contributed by atoms with E-state index in [-0.39, 0.29) is 11.4 Å². The molecular formula is C21H31F6N5O5. The second-order valence-electron chi connectivity index (χ2n) is 8.71. The SMILES string of the molecule is CNC(=O)CN1CCCC12CCN(Cc1cc(C)nn1C)CC2.O=C(O)C(F)(F)F.O=C(O)C(F)(F)F. The van der Waals surface area contributed by atoms with Crippen LogP contribution in [0.5, 0.6) is 0 Å². The van der Waals surface area contributed by atoms with E-state index in [1.807, 2.05) is 18.7 Å². The zero-order valence-electron chi connectivity index (χ0n) is 20.6. The number of alkyl halides is 6. The van der Waals surface area contributed by atoms with Crippen molar-refractivity contribution < 1.29 is 50.9 Å². The third-order valence-corrected chi connectivity index (χ3v) is 6.11. The number of carboxylic acids is 2. The van der Waals surface area contributed by atoms with Gasteiger partial charge in [0.1, 0.15) is 0 Å². The van der Waals surface area contributed by atoms with Crippen LogP contribution < -0.4 is 5.32 Å². The van der Waals surface area contributed by atoms with Crippen LogP contribution in [0.1, 0.15) is 37.1 Å². The van der Waals surface area contributed by atoms with Gasteiger partial charge in [0.15, 0.2) is 0 Å². The van der Waals surface area contributed by atoms with Gasteiger partial charge in [0.2, 0.25) is 5.91 Å². The lowest BCUT2D eigenvalue weighted by molar-refractivity contribution is -0.193. The second kappa shape index (κ2) is 13.1. The molecule has 0 atom stereocenters. The summed E-state index contributed by atoms with van der Waals surface area (Å²) in [5.41, 5.74) is 2.63. The zero-order chi connectivity index (χ0) is 28.6. The van der Waals surface area contributed by atoms with Gasteiger partial charge in [-0.25, -0.2) is 9.59 Å². The van der Waals surface area contributed by atoms with Gasteiger partial charge in [0.25, 0.3) is 0 Å². The van der Waals surface area contributed by atoms with E-state index >= 15 is 0 Å². The number of likely N-dealkylation sites (tertiary alicyclic amines) is 2. The van der Waals surface area contributed by atoms with Crippen LogP contribution in [0.4, 0.5) is 26.3 Å². The molecule has 10 nitrogen and oxygen atoms in total. The molecule has 2 fully saturated rings. The van der Waals surface area contributed by atoms with Gasteiger partial charge in [0, 0.05) is 39.3 Å². The van der Waals surface area contributed by atoms with Crippen molar-refractivity contribution in [2.45, 2.75) is 57.0 Å². The zero-order valence-corrected chi connectivity index (χ0v) is 20.6. The number of hydrogen-bond acceptors (Lipinski definition) is 6. The van der Waals surface area contributed by atoms with Gasteiger partial charge in [-0.2, -0.15) is 31.4 Å². The third-order valence-electron chi connectivity index (χ3n) is 6.11. The molecule has 1 aromatic rings. The number of nitrogens with zero attached hydrogens (tertiary/aromatic N) is 4. The number of carboxylic acid groups (broad SMARTS) is 2. The molecule has 16 heteroatoms. The first-order valence-electron chi connectivity index (χ1n) is 11.2. The van der Waals surface area contributed by atoms with E-state index in [1.54, 1.807) is 7.05 Å². The maximum absolute atomic E-state index is 11.8. The predicted octanol–water partition coefficient (Wildman–Crippen LogP) is 2.17. The minimum atomic E-state index is -5.08. The van der Waals surface area contributed by atoms with Crippen molar-refractivity contribution in [1.82, 2.24) is 24.9 Å². The molecule has 1 amide bonds. The first-order valence-corrected chi connectivity index (χ1v) is 11.2. The summed E-state index contributed by atoms with van der Waals surface area (Å²) < 4.78 is 65.5. The number of rotatable bonds is 4. The van der Waals surface area contributed by atoms with E-state index in [4.69, 9.17) is 19.8 Å². The minimum Gasteiger partial charge on any atom is -0.475 e. The molecule has 0 saturated carbocycles. The van der Waals surface area contributed by atoms with Crippen LogP contribution in [0.15, 0.2) is 6.07 Å². The summed E-state index contributed by atoms with van der Waals surface area (Å²) in [4.78, 5) is 34.5. The topological polar surface area (TPSA) is 128 Å². The molecule has 212 valence electrons. The van der Waals surface area contributed by atoms with E-state index in [0.717, 1.165) is 31.9 Å². The summed E-state index contributed by atoms with van der Waals surface area (Å²) in [5, 5.41) is 21.5. The van der Waals surface area contributed by atoms with Crippen LogP contribution in [0.3, 0.4) is 0 Å². The molecule has 1 spiro atoms. The highest BCUT2D eigenvalue weighted by molar-refractivity contribution is 5.77. The Morgan fingerprint density at radius 1 is 1.00 bits per heavy atom. The van der Waals surface area contributed by atoms with Crippen LogP contribution in [0.2, 0.25) is 0 Å². The van der Waals surface area contributed by atoms with Crippen molar-refractivity contribution in [2.24, 2.45) is 7.05 Å². The highest BCUT2D eigenvalue weighted by atomic mass is 19.4. The molecule has 0 unspecified atom stereocenters. The predicted molar refractivity (Wildman–Crippen MR) is 117 cm³/mol. The van der Waals surface area contributed by atoms with E-state index < -0.39 is 24.3 Å². The van der Waals surface area contributed by atoms with Crippen molar-refractivity contribution in [3.8, 4) is 0 Å².